The number of hydrogen-bond donors (Lipinski definition) is 1. The van der Waals surface area contributed by atoms with Crippen molar-refractivity contribution in [1.29, 1.82) is 0 Å². The van der Waals surface area contributed by atoms with Gasteiger partial charge >= 0.3 is 5.69 Å². The molecule has 0 radical (unpaired) electrons. The number of carbonyl (C=O) groups is 1. The Morgan fingerprint density at radius 2 is 1.79 bits per heavy atom. The molecule has 1 aliphatic carbocycles. The highest BCUT2D eigenvalue weighted by Gasteiger charge is 2.21. The highest BCUT2D eigenvalue weighted by molar-refractivity contribution is 8.00. The second-order valence-corrected chi connectivity index (χ2v) is 8.68. The van der Waals surface area contributed by atoms with Crippen molar-refractivity contribution >= 4 is 23.4 Å². The molecule has 0 saturated carbocycles. The number of methoxy groups -OCH3 is 2. The first-order valence-electron chi connectivity index (χ1n) is 10.7. The third-order valence-corrected chi connectivity index (χ3v) is 6.53. The van der Waals surface area contributed by atoms with Gasteiger partial charge in [0.05, 0.1) is 26.5 Å². The Morgan fingerprint density at radius 3 is 2.48 bits per heavy atom. The molecule has 0 unspecified atom stereocenters. The zero-order chi connectivity index (χ0) is 23.2. The monoisotopic (exact) mass is 466 g/mol. The maximum atomic E-state index is 12.9. The van der Waals surface area contributed by atoms with E-state index in [0.717, 1.165) is 42.5 Å². The van der Waals surface area contributed by atoms with E-state index in [1.807, 2.05) is 12.1 Å². The van der Waals surface area contributed by atoms with E-state index in [2.05, 4.69) is 15.3 Å². The van der Waals surface area contributed by atoms with Crippen molar-refractivity contribution in [2.45, 2.75) is 37.3 Å². The van der Waals surface area contributed by atoms with E-state index in [-0.39, 0.29) is 17.3 Å². The van der Waals surface area contributed by atoms with Gasteiger partial charge < -0.3 is 14.8 Å². The molecular formula is C24H26N4O4S. The summed E-state index contributed by atoms with van der Waals surface area (Å²) in [6, 6.07) is 9.00. The molecule has 0 aliphatic heterocycles. The fraction of sp³-hybridized carbons (Fsp3) is 0.333. The van der Waals surface area contributed by atoms with Crippen molar-refractivity contribution < 1.29 is 14.3 Å². The minimum absolute atomic E-state index is 0.146. The second kappa shape index (κ2) is 10.5. The van der Waals surface area contributed by atoms with E-state index in [4.69, 9.17) is 9.47 Å². The zero-order valence-electron chi connectivity index (χ0n) is 18.7. The van der Waals surface area contributed by atoms with Crippen LogP contribution in [0.25, 0.3) is 0 Å². The number of thioether (sulfide) groups is 1. The average Bonchev–Trinajstić information content (AvgIpc) is 2.85. The Morgan fingerprint density at radius 1 is 1.09 bits per heavy atom. The van der Waals surface area contributed by atoms with Crippen molar-refractivity contribution in [1.82, 2.24) is 14.5 Å². The Hall–Kier alpha value is -3.33. The molecule has 1 N–H and O–H groups in total. The van der Waals surface area contributed by atoms with Gasteiger partial charge in [0, 0.05) is 47.5 Å². The molecule has 3 aromatic rings. The Kier molecular flexibility index (Phi) is 7.29. The summed E-state index contributed by atoms with van der Waals surface area (Å²) in [5, 5.41) is 3.52. The summed E-state index contributed by atoms with van der Waals surface area (Å²) >= 11 is 1.30. The predicted molar refractivity (Wildman–Crippen MR) is 127 cm³/mol. The lowest BCUT2D eigenvalue weighted by Gasteiger charge is -2.22. The molecule has 0 spiro atoms. The average molecular weight is 467 g/mol. The number of aromatic nitrogens is 3. The van der Waals surface area contributed by atoms with Crippen LogP contribution in [-0.2, 0) is 24.2 Å². The van der Waals surface area contributed by atoms with Crippen LogP contribution in [0.5, 0.6) is 11.5 Å². The van der Waals surface area contributed by atoms with Crippen LogP contribution in [0.4, 0.5) is 5.69 Å². The molecule has 0 saturated heterocycles. The molecule has 172 valence electrons. The summed E-state index contributed by atoms with van der Waals surface area (Å²) in [7, 11) is 3.11. The summed E-state index contributed by atoms with van der Waals surface area (Å²) in [4.78, 5) is 33.9. The number of pyridine rings is 1. The van der Waals surface area contributed by atoms with Crippen LogP contribution in [0.2, 0.25) is 0 Å². The van der Waals surface area contributed by atoms with Gasteiger partial charge in [-0.05, 0) is 43.4 Å². The summed E-state index contributed by atoms with van der Waals surface area (Å²) in [5.41, 5.74) is 3.41. The van der Waals surface area contributed by atoms with E-state index in [1.54, 1.807) is 49.4 Å². The van der Waals surface area contributed by atoms with Crippen molar-refractivity contribution in [3.63, 3.8) is 0 Å². The van der Waals surface area contributed by atoms with Crippen LogP contribution >= 0.6 is 11.8 Å². The van der Waals surface area contributed by atoms with Crippen LogP contribution in [0.1, 0.15) is 29.7 Å². The van der Waals surface area contributed by atoms with Crippen molar-refractivity contribution in [2.24, 2.45) is 0 Å². The fourth-order valence-electron chi connectivity index (χ4n) is 3.91. The van der Waals surface area contributed by atoms with Gasteiger partial charge in [0.25, 0.3) is 0 Å². The smallest absolute Gasteiger partial charge is 0.349 e. The van der Waals surface area contributed by atoms with Crippen molar-refractivity contribution in [3.05, 3.63) is 70.0 Å². The molecule has 8 nitrogen and oxygen atoms in total. The molecule has 4 rings (SSSR count). The zero-order valence-corrected chi connectivity index (χ0v) is 19.5. The molecule has 0 bridgehead atoms. The summed E-state index contributed by atoms with van der Waals surface area (Å²) in [6.45, 7) is 0.472. The first-order valence-corrected chi connectivity index (χ1v) is 11.7. The quantitative estimate of drug-likeness (QED) is 0.402. The minimum Gasteiger partial charge on any atom is -0.497 e. The van der Waals surface area contributed by atoms with E-state index in [9.17, 15) is 9.59 Å². The molecule has 1 aliphatic rings. The van der Waals surface area contributed by atoms with E-state index < -0.39 is 0 Å². The number of hydrogen-bond acceptors (Lipinski definition) is 7. The predicted octanol–water partition coefficient (Wildman–Crippen LogP) is 3.31. The van der Waals surface area contributed by atoms with E-state index in [0.29, 0.717) is 28.8 Å². The van der Waals surface area contributed by atoms with Crippen LogP contribution in [0, 0.1) is 0 Å². The molecule has 0 fully saturated rings. The normalized spacial score (nSPS) is 12.7. The summed E-state index contributed by atoms with van der Waals surface area (Å²) in [6.07, 6.45) is 7.22. The lowest BCUT2D eigenvalue weighted by atomic mass is 9.97. The summed E-state index contributed by atoms with van der Waals surface area (Å²) < 4.78 is 12.3. The lowest BCUT2D eigenvalue weighted by Crippen LogP contribution is -2.30. The Balaban J connectivity index is 1.51. The van der Waals surface area contributed by atoms with Gasteiger partial charge in [0.15, 0.2) is 0 Å². The number of anilines is 1. The Labute approximate surface area is 196 Å². The van der Waals surface area contributed by atoms with E-state index >= 15 is 0 Å². The van der Waals surface area contributed by atoms with E-state index in [1.165, 1.54) is 11.8 Å². The number of fused-ring (bicyclic) bond motifs is 1. The largest absolute Gasteiger partial charge is 0.497 e. The van der Waals surface area contributed by atoms with Crippen molar-refractivity contribution in [2.75, 3.05) is 25.3 Å². The number of rotatable bonds is 8. The number of nitrogens with zero attached hydrogens (tertiary/aromatic N) is 3. The number of nitrogens with one attached hydrogen (secondary N) is 1. The van der Waals surface area contributed by atoms with Gasteiger partial charge in [-0.1, -0.05) is 11.8 Å². The van der Waals surface area contributed by atoms with Crippen molar-refractivity contribution in [3.8, 4) is 11.5 Å². The number of benzene rings is 1. The minimum atomic E-state index is -0.284. The highest BCUT2D eigenvalue weighted by Crippen LogP contribution is 2.29. The topological polar surface area (TPSA) is 95.3 Å². The molecule has 2 aromatic heterocycles. The van der Waals surface area contributed by atoms with Gasteiger partial charge in [-0.3, -0.25) is 14.3 Å². The SMILES string of the molecule is COc1cc(NC(=O)CSc2nc(=O)n(Cc3ccncc3)c3c2CCCC3)cc(OC)c1. The second-order valence-electron chi connectivity index (χ2n) is 7.71. The maximum absolute atomic E-state index is 12.9. The molecule has 9 heteroatoms. The van der Waals surface area contributed by atoms with Crippen LogP contribution in [-0.4, -0.2) is 40.4 Å². The first kappa shape index (κ1) is 22.8. The molecular weight excluding hydrogens is 440 g/mol. The first-order chi connectivity index (χ1) is 16.1. The maximum Gasteiger partial charge on any atom is 0.349 e. The molecule has 0 atom stereocenters. The van der Waals surface area contributed by atoms with Gasteiger partial charge in [-0.15, -0.1) is 0 Å². The number of amides is 1. The van der Waals surface area contributed by atoms with Gasteiger partial charge in [0.2, 0.25) is 5.91 Å². The van der Waals surface area contributed by atoms with Gasteiger partial charge in [-0.2, -0.15) is 4.98 Å². The molecule has 33 heavy (non-hydrogen) atoms. The third kappa shape index (κ3) is 5.54. The summed E-state index contributed by atoms with van der Waals surface area (Å²) in [5.74, 6) is 1.13. The highest BCUT2D eigenvalue weighted by atomic mass is 32.2. The van der Waals surface area contributed by atoms with Crippen LogP contribution in [0.15, 0.2) is 52.5 Å². The third-order valence-electron chi connectivity index (χ3n) is 5.52. The van der Waals surface area contributed by atoms with Crippen LogP contribution in [0.3, 0.4) is 0 Å². The number of carbonyl (C=O) groups excluding carboxylic acids is 1. The Bertz CT molecular complexity index is 1170. The lowest BCUT2D eigenvalue weighted by molar-refractivity contribution is -0.113. The van der Waals surface area contributed by atoms with Gasteiger partial charge in [-0.25, -0.2) is 4.79 Å². The molecule has 1 aromatic carbocycles. The van der Waals surface area contributed by atoms with Crippen LogP contribution < -0.4 is 20.5 Å². The molecule has 1 amide bonds. The standard InChI is InChI=1S/C24H26N4O4S/c1-31-18-11-17(12-19(13-18)32-2)26-22(29)15-33-23-20-5-3-4-6-21(20)28(24(30)27-23)14-16-7-9-25-10-8-16/h7-13H,3-6,14-15H2,1-2H3,(H,26,29). The number of ether oxygens (including phenoxy) is 2. The molecule has 2 heterocycles. The van der Waals surface area contributed by atoms with Gasteiger partial charge in [0.1, 0.15) is 16.5 Å². The fourth-order valence-corrected chi connectivity index (χ4v) is 4.79.